The van der Waals surface area contributed by atoms with E-state index in [-0.39, 0.29) is 41.7 Å². The molecule has 0 radical (unpaired) electrons. The van der Waals surface area contributed by atoms with Gasteiger partial charge < -0.3 is 30.5 Å². The third-order valence-corrected chi connectivity index (χ3v) is 6.65. The number of carboxylic acids is 1. The van der Waals surface area contributed by atoms with Crippen LogP contribution in [0.3, 0.4) is 0 Å². The first-order chi connectivity index (χ1) is 23.7. The van der Waals surface area contributed by atoms with Gasteiger partial charge in [0, 0.05) is 25.4 Å². The second-order valence-corrected chi connectivity index (χ2v) is 12.1. The molecule has 2 heterocycles. The number of pyridine rings is 1. The minimum Gasteiger partial charge on any atom is -0.485 e. The van der Waals surface area contributed by atoms with Gasteiger partial charge in [-0.05, 0) is 76.1 Å². The van der Waals surface area contributed by atoms with Crippen LogP contribution in [0.4, 0.5) is 32.4 Å². The van der Waals surface area contributed by atoms with Crippen molar-refractivity contribution in [3.8, 4) is 5.75 Å². The lowest BCUT2D eigenvalue weighted by atomic mass is 10.1. The number of aryl methyl sites for hydroxylation is 2. The molecule has 12 nitrogen and oxygen atoms in total. The van der Waals surface area contributed by atoms with Crippen LogP contribution in [-0.4, -0.2) is 56.7 Å². The second kappa shape index (κ2) is 16.3. The number of hydrogen-bond acceptors (Lipinski definition) is 7. The van der Waals surface area contributed by atoms with E-state index in [1.54, 1.807) is 75.5 Å². The number of aliphatic carboxylic acids is 1. The van der Waals surface area contributed by atoms with Gasteiger partial charge in [0.05, 0.1) is 17.3 Å². The van der Waals surface area contributed by atoms with Crippen molar-refractivity contribution >= 4 is 35.2 Å². The van der Waals surface area contributed by atoms with Crippen molar-refractivity contribution in [1.29, 1.82) is 0 Å². The van der Waals surface area contributed by atoms with E-state index in [1.807, 2.05) is 0 Å². The number of carbonyl (C=O) groups excluding carboxylic acids is 3. The molecule has 0 fully saturated rings. The average Bonchev–Trinajstić information content (AvgIpc) is 3.33. The molecule has 0 aliphatic heterocycles. The SMILES string of the molecule is CC(=O)Nc1cccc(C(CNC(=O)OC(C)(C)C)NC(=O)c2c(C)nc3c(OCc4c(F)cccc4F)cc(C)cn23)c1.O=C(O)C(F)(F)F. The zero-order valence-electron chi connectivity index (χ0n) is 28.4. The van der Waals surface area contributed by atoms with Crippen LogP contribution in [0.15, 0.2) is 54.7 Å². The maximum absolute atomic E-state index is 14.2. The molecular formula is C34H36F5N5O7. The average molecular weight is 722 g/mol. The molecule has 1 atom stereocenters. The Hall–Kier alpha value is -5.74. The van der Waals surface area contributed by atoms with E-state index in [0.717, 1.165) is 12.1 Å². The standard InChI is InChI=1S/C32H35F2N5O5.C2HF3O2/c1-18-13-27(43-17-23-24(33)11-8-12-25(23)34)29-36-19(2)28(39(29)16-18)30(41)38-26(15-35-31(42)44-32(4,5)6)21-9-7-10-22(14-21)37-20(3)40;3-2(4,5)1(6)7/h7-14,16,26H,15,17H2,1-6H3,(H,35,42)(H,37,40)(H,38,41);(H,6,7). The Morgan fingerprint density at radius 2 is 1.59 bits per heavy atom. The number of nitrogens with one attached hydrogen (secondary N) is 3. The first-order valence-electron chi connectivity index (χ1n) is 15.2. The summed E-state index contributed by atoms with van der Waals surface area (Å²) in [6, 6.07) is 11.4. The van der Waals surface area contributed by atoms with Crippen LogP contribution in [0.1, 0.15) is 66.6 Å². The van der Waals surface area contributed by atoms with Crippen molar-refractivity contribution in [3.05, 3.63) is 94.4 Å². The highest BCUT2D eigenvalue weighted by atomic mass is 19.4. The molecule has 2 aromatic carbocycles. The normalized spacial score (nSPS) is 11.9. The third kappa shape index (κ3) is 11.4. The van der Waals surface area contributed by atoms with Gasteiger partial charge in [-0.2, -0.15) is 13.2 Å². The van der Waals surface area contributed by atoms with Gasteiger partial charge in [0.2, 0.25) is 5.91 Å². The number of carboxylic acid groups (broad SMARTS) is 1. The van der Waals surface area contributed by atoms with Crippen molar-refractivity contribution in [2.24, 2.45) is 0 Å². The first-order valence-corrected chi connectivity index (χ1v) is 15.2. The molecule has 4 aromatic rings. The van der Waals surface area contributed by atoms with Crippen molar-refractivity contribution < 1.29 is 55.7 Å². The van der Waals surface area contributed by atoms with Crippen LogP contribution >= 0.6 is 0 Å². The van der Waals surface area contributed by atoms with E-state index < -0.39 is 47.4 Å². The van der Waals surface area contributed by atoms with E-state index in [0.29, 0.717) is 22.5 Å². The number of carbonyl (C=O) groups is 4. The van der Waals surface area contributed by atoms with Crippen LogP contribution in [0.25, 0.3) is 5.65 Å². The fourth-order valence-electron chi connectivity index (χ4n) is 4.57. The Bertz CT molecular complexity index is 1900. The van der Waals surface area contributed by atoms with Gasteiger partial charge in [-0.1, -0.05) is 18.2 Å². The number of nitrogens with zero attached hydrogens (tertiary/aromatic N) is 2. The Labute approximate surface area is 289 Å². The number of hydrogen-bond donors (Lipinski definition) is 4. The predicted octanol–water partition coefficient (Wildman–Crippen LogP) is 6.40. The molecule has 2 aromatic heterocycles. The Balaban J connectivity index is 0.000000908. The van der Waals surface area contributed by atoms with Crippen LogP contribution in [0, 0.1) is 25.5 Å². The third-order valence-electron chi connectivity index (χ3n) is 6.65. The Morgan fingerprint density at radius 3 is 2.16 bits per heavy atom. The molecule has 0 spiro atoms. The number of alkyl halides is 3. The molecule has 0 bridgehead atoms. The number of anilines is 1. The summed E-state index contributed by atoms with van der Waals surface area (Å²) >= 11 is 0. The second-order valence-electron chi connectivity index (χ2n) is 12.1. The Morgan fingerprint density at radius 1 is 0.980 bits per heavy atom. The zero-order valence-corrected chi connectivity index (χ0v) is 28.4. The smallest absolute Gasteiger partial charge is 0.485 e. The molecule has 4 N–H and O–H groups in total. The van der Waals surface area contributed by atoms with Gasteiger partial charge in [0.1, 0.15) is 29.5 Å². The quantitative estimate of drug-likeness (QED) is 0.145. The molecule has 0 saturated heterocycles. The summed E-state index contributed by atoms with van der Waals surface area (Å²) in [6.45, 7) is 9.64. The van der Waals surface area contributed by atoms with Gasteiger partial charge in [0.15, 0.2) is 11.4 Å². The molecule has 0 aliphatic rings. The van der Waals surface area contributed by atoms with Gasteiger partial charge >= 0.3 is 18.2 Å². The Kier molecular flexibility index (Phi) is 12.7. The zero-order chi connectivity index (χ0) is 38.3. The lowest BCUT2D eigenvalue weighted by molar-refractivity contribution is -0.192. The van der Waals surface area contributed by atoms with Gasteiger partial charge in [-0.25, -0.2) is 23.4 Å². The fraction of sp³-hybridized carbons (Fsp3) is 0.324. The fourth-order valence-corrected chi connectivity index (χ4v) is 4.57. The minimum atomic E-state index is -5.08. The summed E-state index contributed by atoms with van der Waals surface area (Å²) in [5.74, 6) is -4.76. The number of aromatic nitrogens is 2. The maximum atomic E-state index is 14.2. The highest BCUT2D eigenvalue weighted by molar-refractivity contribution is 5.95. The van der Waals surface area contributed by atoms with Crippen molar-refractivity contribution in [2.45, 2.75) is 66.0 Å². The van der Waals surface area contributed by atoms with E-state index in [1.165, 1.54) is 13.0 Å². The van der Waals surface area contributed by atoms with Crippen LogP contribution in [0.5, 0.6) is 5.75 Å². The van der Waals surface area contributed by atoms with Crippen LogP contribution in [-0.2, 0) is 20.9 Å². The minimum absolute atomic E-state index is 0.0262. The predicted molar refractivity (Wildman–Crippen MR) is 174 cm³/mol. The number of fused-ring (bicyclic) bond motifs is 1. The summed E-state index contributed by atoms with van der Waals surface area (Å²) in [6.07, 6.45) is -4.05. The van der Waals surface area contributed by atoms with Crippen molar-refractivity contribution in [1.82, 2.24) is 20.0 Å². The lowest BCUT2D eigenvalue weighted by Gasteiger charge is -2.23. The first kappa shape index (κ1) is 39.7. The van der Waals surface area contributed by atoms with Crippen molar-refractivity contribution in [2.75, 3.05) is 11.9 Å². The summed E-state index contributed by atoms with van der Waals surface area (Å²) in [4.78, 5) is 51.3. The van der Waals surface area contributed by atoms with Gasteiger partial charge in [0.25, 0.3) is 5.91 Å². The summed E-state index contributed by atoms with van der Waals surface area (Å²) in [5.41, 5.74) is 1.74. The molecule has 274 valence electrons. The topological polar surface area (TPSA) is 160 Å². The number of ether oxygens (including phenoxy) is 2. The summed E-state index contributed by atoms with van der Waals surface area (Å²) in [5, 5.41) is 15.5. The summed E-state index contributed by atoms with van der Waals surface area (Å²) < 4.78 is 72.9. The number of rotatable bonds is 9. The van der Waals surface area contributed by atoms with Crippen molar-refractivity contribution in [3.63, 3.8) is 0 Å². The van der Waals surface area contributed by atoms with E-state index in [2.05, 4.69) is 20.9 Å². The van der Waals surface area contributed by atoms with E-state index >= 15 is 0 Å². The van der Waals surface area contributed by atoms with Crippen LogP contribution < -0.4 is 20.7 Å². The molecule has 4 rings (SSSR count). The number of benzene rings is 2. The highest BCUT2D eigenvalue weighted by Gasteiger charge is 2.38. The maximum Gasteiger partial charge on any atom is 0.490 e. The monoisotopic (exact) mass is 721 g/mol. The molecule has 51 heavy (non-hydrogen) atoms. The summed E-state index contributed by atoms with van der Waals surface area (Å²) in [7, 11) is 0. The largest absolute Gasteiger partial charge is 0.490 e. The van der Waals surface area contributed by atoms with Crippen LogP contribution in [0.2, 0.25) is 0 Å². The molecule has 17 heteroatoms. The van der Waals surface area contributed by atoms with Gasteiger partial charge in [-0.15, -0.1) is 0 Å². The van der Waals surface area contributed by atoms with E-state index in [9.17, 15) is 36.3 Å². The van der Waals surface area contributed by atoms with E-state index in [4.69, 9.17) is 19.4 Å². The number of amides is 3. The lowest BCUT2D eigenvalue weighted by Crippen LogP contribution is -2.40. The molecular weight excluding hydrogens is 685 g/mol. The number of imidazole rings is 1. The highest BCUT2D eigenvalue weighted by Crippen LogP contribution is 2.27. The van der Waals surface area contributed by atoms with Gasteiger partial charge in [-0.3, -0.25) is 14.0 Å². The molecule has 0 aliphatic carbocycles. The molecule has 3 amide bonds. The number of alkyl carbamates (subject to hydrolysis) is 1. The molecule has 1 unspecified atom stereocenters. The number of halogens is 5. The molecule has 0 saturated carbocycles.